The van der Waals surface area contributed by atoms with Crippen LogP contribution < -0.4 is 5.73 Å². The molecule has 1 aromatic rings. The van der Waals surface area contributed by atoms with Crippen molar-refractivity contribution in [2.45, 2.75) is 6.92 Å². The first-order valence-corrected chi connectivity index (χ1v) is 4.37. The number of amides is 1. The van der Waals surface area contributed by atoms with E-state index in [9.17, 15) is 20.0 Å². The Labute approximate surface area is 91.2 Å². The van der Waals surface area contributed by atoms with E-state index in [1.807, 2.05) is 0 Å². The van der Waals surface area contributed by atoms with Crippen LogP contribution in [-0.2, 0) is 4.79 Å². The van der Waals surface area contributed by atoms with E-state index >= 15 is 0 Å². The van der Waals surface area contributed by atoms with Crippen molar-refractivity contribution < 1.29 is 14.8 Å². The smallest absolute Gasteiger partial charge is 0.311 e. The number of hydrogen-bond donors (Lipinski definition) is 2. The van der Waals surface area contributed by atoms with Crippen LogP contribution in [-0.4, -0.2) is 15.9 Å². The normalized spacial score (nSPS) is 10.6. The second-order valence-electron chi connectivity index (χ2n) is 3.21. The number of phenols is 1. The number of aromatic hydroxyl groups is 1. The van der Waals surface area contributed by atoms with E-state index in [0.717, 1.165) is 6.08 Å². The SMILES string of the molecule is Cc1cc(/C=C\C(N)=O)c(O)c([N+](=O)[O-])c1. The number of carbonyl (C=O) groups excluding carboxylic acids is 1. The first-order valence-electron chi connectivity index (χ1n) is 4.37. The molecule has 6 nitrogen and oxygen atoms in total. The van der Waals surface area contributed by atoms with Gasteiger partial charge in [-0.2, -0.15) is 0 Å². The average molecular weight is 222 g/mol. The number of benzene rings is 1. The lowest BCUT2D eigenvalue weighted by Crippen LogP contribution is -2.05. The summed E-state index contributed by atoms with van der Waals surface area (Å²) in [5, 5.41) is 20.1. The van der Waals surface area contributed by atoms with Gasteiger partial charge in [-0.05, 0) is 24.6 Å². The summed E-state index contributed by atoms with van der Waals surface area (Å²) in [4.78, 5) is 20.4. The third-order valence-corrected chi connectivity index (χ3v) is 1.89. The number of nitrogens with two attached hydrogens (primary N) is 1. The topological polar surface area (TPSA) is 106 Å². The standard InChI is InChI=1S/C10H10N2O4/c1-6-4-7(2-3-9(11)13)10(14)8(5-6)12(15)16/h2-5,14H,1H3,(H2,11,13)/b3-2-. The Kier molecular flexibility index (Phi) is 3.24. The van der Waals surface area contributed by atoms with Gasteiger partial charge in [0, 0.05) is 17.7 Å². The van der Waals surface area contributed by atoms with Gasteiger partial charge in [-0.1, -0.05) is 0 Å². The Morgan fingerprint density at radius 1 is 1.56 bits per heavy atom. The lowest BCUT2D eigenvalue weighted by Gasteiger charge is -2.02. The second kappa shape index (κ2) is 4.43. The van der Waals surface area contributed by atoms with Crippen molar-refractivity contribution in [1.82, 2.24) is 0 Å². The number of carbonyl (C=O) groups is 1. The van der Waals surface area contributed by atoms with Gasteiger partial charge in [-0.25, -0.2) is 0 Å². The molecule has 0 saturated heterocycles. The van der Waals surface area contributed by atoms with Crippen LogP contribution in [0, 0.1) is 17.0 Å². The Bertz CT molecular complexity index is 480. The summed E-state index contributed by atoms with van der Waals surface area (Å²) in [5.41, 5.74) is 5.28. The van der Waals surface area contributed by atoms with Gasteiger partial charge < -0.3 is 10.8 Å². The van der Waals surface area contributed by atoms with Crippen molar-refractivity contribution in [3.8, 4) is 5.75 Å². The molecule has 0 bridgehead atoms. The monoisotopic (exact) mass is 222 g/mol. The van der Waals surface area contributed by atoms with Crippen molar-refractivity contribution in [3.63, 3.8) is 0 Å². The van der Waals surface area contributed by atoms with E-state index < -0.39 is 22.3 Å². The predicted octanol–water partition coefficient (Wildman–Crippen LogP) is 1.11. The molecule has 0 aliphatic heterocycles. The van der Waals surface area contributed by atoms with Crippen molar-refractivity contribution in [2.24, 2.45) is 5.73 Å². The summed E-state index contributed by atoms with van der Waals surface area (Å²) >= 11 is 0. The van der Waals surface area contributed by atoms with Crippen molar-refractivity contribution in [1.29, 1.82) is 0 Å². The van der Waals surface area contributed by atoms with Crippen LogP contribution >= 0.6 is 0 Å². The van der Waals surface area contributed by atoms with Crippen molar-refractivity contribution in [2.75, 3.05) is 0 Å². The molecular weight excluding hydrogens is 212 g/mol. The van der Waals surface area contributed by atoms with Crippen molar-refractivity contribution in [3.05, 3.63) is 39.4 Å². The number of rotatable bonds is 3. The first kappa shape index (κ1) is 11.7. The highest BCUT2D eigenvalue weighted by molar-refractivity contribution is 5.91. The average Bonchev–Trinajstić information content (AvgIpc) is 2.18. The molecule has 0 aliphatic rings. The van der Waals surface area contributed by atoms with Crippen LogP contribution in [0.5, 0.6) is 5.75 Å². The van der Waals surface area contributed by atoms with Crippen LogP contribution in [0.1, 0.15) is 11.1 Å². The van der Waals surface area contributed by atoms with E-state index in [1.165, 1.54) is 18.2 Å². The third-order valence-electron chi connectivity index (χ3n) is 1.89. The summed E-state index contributed by atoms with van der Waals surface area (Å²) in [7, 11) is 0. The lowest BCUT2D eigenvalue weighted by molar-refractivity contribution is -0.385. The van der Waals surface area contributed by atoms with Gasteiger partial charge in [-0.3, -0.25) is 14.9 Å². The molecule has 6 heteroatoms. The fourth-order valence-corrected chi connectivity index (χ4v) is 1.23. The molecule has 16 heavy (non-hydrogen) atoms. The quantitative estimate of drug-likeness (QED) is 0.453. The Balaban J connectivity index is 3.29. The first-order chi connectivity index (χ1) is 7.41. The maximum atomic E-state index is 10.6. The highest BCUT2D eigenvalue weighted by Crippen LogP contribution is 2.31. The van der Waals surface area contributed by atoms with Gasteiger partial charge in [0.2, 0.25) is 11.7 Å². The van der Waals surface area contributed by atoms with Crippen molar-refractivity contribution >= 4 is 17.7 Å². The van der Waals surface area contributed by atoms with E-state index in [-0.39, 0.29) is 5.56 Å². The molecule has 0 aromatic heterocycles. The van der Waals surface area contributed by atoms with E-state index in [4.69, 9.17) is 5.73 Å². The zero-order valence-corrected chi connectivity index (χ0v) is 8.51. The number of hydrogen-bond acceptors (Lipinski definition) is 4. The minimum atomic E-state index is -0.691. The molecule has 84 valence electrons. The molecule has 0 aliphatic carbocycles. The summed E-state index contributed by atoms with van der Waals surface area (Å²) in [6.07, 6.45) is 2.26. The maximum absolute atomic E-state index is 10.6. The molecule has 1 amide bonds. The largest absolute Gasteiger partial charge is 0.502 e. The van der Waals surface area contributed by atoms with Crippen LogP contribution in [0.4, 0.5) is 5.69 Å². The zero-order valence-electron chi connectivity index (χ0n) is 8.51. The molecule has 0 unspecified atom stereocenters. The lowest BCUT2D eigenvalue weighted by atomic mass is 10.1. The Morgan fingerprint density at radius 2 is 2.19 bits per heavy atom. The number of aryl methyl sites for hydroxylation is 1. The molecule has 1 rings (SSSR count). The molecule has 3 N–H and O–H groups in total. The fourth-order valence-electron chi connectivity index (χ4n) is 1.23. The number of nitro benzene ring substituents is 1. The van der Waals surface area contributed by atoms with Gasteiger partial charge in [0.15, 0.2) is 0 Å². The minimum absolute atomic E-state index is 0.186. The van der Waals surface area contributed by atoms with E-state index in [0.29, 0.717) is 5.56 Å². The van der Waals surface area contributed by atoms with Crippen LogP contribution in [0.15, 0.2) is 18.2 Å². The maximum Gasteiger partial charge on any atom is 0.311 e. The molecule has 1 aromatic carbocycles. The van der Waals surface area contributed by atoms with Gasteiger partial charge in [0.05, 0.1) is 4.92 Å². The Morgan fingerprint density at radius 3 is 2.69 bits per heavy atom. The number of primary amides is 1. The summed E-state index contributed by atoms with van der Waals surface area (Å²) < 4.78 is 0. The van der Waals surface area contributed by atoms with Crippen LogP contribution in [0.2, 0.25) is 0 Å². The van der Waals surface area contributed by atoms with Crippen LogP contribution in [0.3, 0.4) is 0 Å². The zero-order chi connectivity index (χ0) is 12.3. The molecule has 0 heterocycles. The number of nitro groups is 1. The molecular formula is C10H10N2O4. The highest BCUT2D eigenvalue weighted by atomic mass is 16.6. The van der Waals surface area contributed by atoms with E-state index in [2.05, 4.69) is 0 Å². The van der Waals surface area contributed by atoms with E-state index in [1.54, 1.807) is 6.92 Å². The summed E-state index contributed by atoms with van der Waals surface area (Å²) in [6.45, 7) is 1.65. The molecule has 0 radical (unpaired) electrons. The number of nitrogens with zero attached hydrogens (tertiary/aromatic N) is 1. The van der Waals surface area contributed by atoms with Gasteiger partial charge in [-0.15, -0.1) is 0 Å². The molecule has 0 saturated carbocycles. The van der Waals surface area contributed by atoms with Gasteiger partial charge >= 0.3 is 5.69 Å². The van der Waals surface area contributed by atoms with Gasteiger partial charge in [0.1, 0.15) is 0 Å². The van der Waals surface area contributed by atoms with Gasteiger partial charge in [0.25, 0.3) is 0 Å². The Hall–Kier alpha value is -2.37. The fraction of sp³-hybridized carbons (Fsp3) is 0.100. The predicted molar refractivity (Wildman–Crippen MR) is 57.7 cm³/mol. The van der Waals surface area contributed by atoms with Crippen LogP contribution in [0.25, 0.3) is 6.08 Å². The molecule has 0 spiro atoms. The third kappa shape index (κ3) is 2.57. The number of phenolic OH excluding ortho intramolecular Hbond substituents is 1. The summed E-state index contributed by atoms with van der Waals surface area (Å²) in [5.74, 6) is -1.17. The highest BCUT2D eigenvalue weighted by Gasteiger charge is 2.16. The summed E-state index contributed by atoms with van der Waals surface area (Å²) in [6, 6.07) is 2.76. The molecule has 0 atom stereocenters. The second-order valence-corrected chi connectivity index (χ2v) is 3.21. The molecule has 0 fully saturated rings. The minimum Gasteiger partial charge on any atom is -0.502 e.